The molecule has 0 aromatic heterocycles. The molecule has 102 valence electrons. The monoisotopic (exact) mass is 261 g/mol. The fraction of sp³-hybridized carbons (Fsp3) is 0.533. The Kier molecular flexibility index (Phi) is 3.19. The minimum atomic E-state index is -0.00106. The lowest BCUT2D eigenvalue weighted by molar-refractivity contribution is -0.137. The van der Waals surface area contributed by atoms with Crippen molar-refractivity contribution in [3.63, 3.8) is 0 Å². The van der Waals surface area contributed by atoms with Gasteiger partial charge in [0.05, 0.1) is 12.0 Å². The predicted octanol–water partition coefficient (Wildman–Crippen LogP) is 1.70. The first-order chi connectivity index (χ1) is 9.15. The molecule has 1 N–H and O–H groups in total. The molecule has 0 spiro atoms. The highest BCUT2D eigenvalue weighted by atomic mass is 16.5. The van der Waals surface area contributed by atoms with Crippen molar-refractivity contribution in [3.05, 3.63) is 29.3 Å². The summed E-state index contributed by atoms with van der Waals surface area (Å²) in [7, 11) is 0. The smallest absolute Gasteiger partial charge is 0.228 e. The molecule has 0 saturated carbocycles. The van der Waals surface area contributed by atoms with Crippen LogP contribution in [-0.4, -0.2) is 35.2 Å². The van der Waals surface area contributed by atoms with E-state index in [0.717, 1.165) is 24.9 Å². The topological polar surface area (TPSA) is 49.8 Å². The molecule has 2 aliphatic rings. The molecule has 4 heteroatoms. The summed E-state index contributed by atoms with van der Waals surface area (Å²) in [6.45, 7) is 4.02. The van der Waals surface area contributed by atoms with Gasteiger partial charge in [0, 0.05) is 19.7 Å². The van der Waals surface area contributed by atoms with E-state index in [2.05, 4.69) is 0 Å². The number of nitrogens with zero attached hydrogens (tertiary/aromatic N) is 1. The Hall–Kier alpha value is -1.55. The summed E-state index contributed by atoms with van der Waals surface area (Å²) in [5.41, 5.74) is 2.30. The Balaban J connectivity index is 1.76. The van der Waals surface area contributed by atoms with Gasteiger partial charge in [-0.1, -0.05) is 6.07 Å². The van der Waals surface area contributed by atoms with Gasteiger partial charge in [-0.15, -0.1) is 0 Å². The minimum absolute atomic E-state index is 0.00106. The lowest BCUT2D eigenvalue weighted by Gasteiger charge is -2.31. The maximum absolute atomic E-state index is 12.5. The van der Waals surface area contributed by atoms with Crippen molar-refractivity contribution in [1.82, 2.24) is 4.90 Å². The molecule has 4 nitrogen and oxygen atoms in total. The summed E-state index contributed by atoms with van der Waals surface area (Å²) in [4.78, 5) is 14.4. The van der Waals surface area contributed by atoms with E-state index >= 15 is 0 Å². The first-order valence-electron chi connectivity index (χ1n) is 6.86. The first kappa shape index (κ1) is 12.5. The molecule has 0 radical (unpaired) electrons. The van der Waals surface area contributed by atoms with Gasteiger partial charge in [-0.3, -0.25) is 4.79 Å². The largest absolute Gasteiger partial charge is 0.508 e. The third-order valence-corrected chi connectivity index (χ3v) is 4.21. The molecule has 0 bridgehead atoms. The van der Waals surface area contributed by atoms with Crippen LogP contribution in [0, 0.1) is 5.92 Å². The molecule has 0 aliphatic carbocycles. The van der Waals surface area contributed by atoms with Crippen LogP contribution in [0.5, 0.6) is 5.75 Å². The number of ether oxygens (including phenoxy) is 1. The van der Waals surface area contributed by atoms with Gasteiger partial charge in [0.2, 0.25) is 5.91 Å². The van der Waals surface area contributed by atoms with Crippen LogP contribution in [0.25, 0.3) is 0 Å². The van der Waals surface area contributed by atoms with E-state index in [1.54, 1.807) is 12.1 Å². The van der Waals surface area contributed by atoms with Crippen molar-refractivity contribution in [2.75, 3.05) is 13.2 Å². The van der Waals surface area contributed by atoms with Crippen molar-refractivity contribution in [3.8, 4) is 5.75 Å². The fourth-order valence-electron chi connectivity index (χ4n) is 3.02. The highest BCUT2D eigenvalue weighted by Gasteiger charge is 2.34. The number of hydrogen-bond donors (Lipinski definition) is 1. The number of carbonyl (C=O) groups excluding carboxylic acids is 1. The van der Waals surface area contributed by atoms with E-state index in [-0.39, 0.29) is 23.7 Å². The number of aromatic hydroxyl groups is 1. The summed E-state index contributed by atoms with van der Waals surface area (Å²) in [6.07, 6.45) is 1.71. The van der Waals surface area contributed by atoms with E-state index in [0.29, 0.717) is 13.2 Å². The number of phenolic OH excluding ortho intramolecular Hbond substituents is 1. The van der Waals surface area contributed by atoms with Crippen molar-refractivity contribution >= 4 is 5.91 Å². The molecule has 1 aromatic carbocycles. The maximum Gasteiger partial charge on any atom is 0.228 e. The molecule has 1 fully saturated rings. The van der Waals surface area contributed by atoms with Gasteiger partial charge < -0.3 is 14.7 Å². The lowest BCUT2D eigenvalue weighted by Crippen LogP contribution is -2.41. The van der Waals surface area contributed by atoms with Crippen LogP contribution < -0.4 is 0 Å². The second kappa shape index (κ2) is 4.85. The Morgan fingerprint density at radius 2 is 2.26 bits per heavy atom. The van der Waals surface area contributed by atoms with E-state index in [1.165, 1.54) is 5.56 Å². The molecule has 19 heavy (non-hydrogen) atoms. The Bertz CT molecular complexity index is 500. The Morgan fingerprint density at radius 3 is 3.00 bits per heavy atom. The number of phenols is 1. The summed E-state index contributed by atoms with van der Waals surface area (Å²) in [5.74, 6) is 0.462. The predicted molar refractivity (Wildman–Crippen MR) is 70.7 cm³/mol. The quantitative estimate of drug-likeness (QED) is 0.837. The third kappa shape index (κ3) is 2.32. The van der Waals surface area contributed by atoms with Crippen LogP contribution in [0.15, 0.2) is 18.2 Å². The molecule has 1 aromatic rings. The van der Waals surface area contributed by atoms with E-state index < -0.39 is 0 Å². The zero-order valence-corrected chi connectivity index (χ0v) is 11.1. The molecule has 2 atom stereocenters. The zero-order chi connectivity index (χ0) is 13.4. The summed E-state index contributed by atoms with van der Waals surface area (Å²) in [6, 6.07) is 5.43. The van der Waals surface area contributed by atoms with Gasteiger partial charge in [-0.05, 0) is 43.0 Å². The van der Waals surface area contributed by atoms with Gasteiger partial charge in [0.15, 0.2) is 0 Å². The van der Waals surface area contributed by atoms with Crippen molar-refractivity contribution in [2.45, 2.75) is 32.4 Å². The normalized spacial score (nSPS) is 26.3. The zero-order valence-electron chi connectivity index (χ0n) is 11.1. The van der Waals surface area contributed by atoms with Crippen LogP contribution in [0.1, 0.15) is 24.5 Å². The summed E-state index contributed by atoms with van der Waals surface area (Å²) in [5, 5.41) is 9.54. The lowest BCUT2D eigenvalue weighted by atomic mass is 9.96. The number of amides is 1. The molecular weight excluding hydrogens is 242 g/mol. The SMILES string of the molecule is CC1OCCC1C(=O)N1CCc2ccc(O)cc2C1. The van der Waals surface area contributed by atoms with Crippen LogP contribution in [-0.2, 0) is 22.5 Å². The van der Waals surface area contributed by atoms with Crippen LogP contribution >= 0.6 is 0 Å². The average Bonchev–Trinajstić information content (AvgIpc) is 2.83. The van der Waals surface area contributed by atoms with Crippen molar-refractivity contribution in [2.24, 2.45) is 5.92 Å². The van der Waals surface area contributed by atoms with Gasteiger partial charge >= 0.3 is 0 Å². The van der Waals surface area contributed by atoms with Crippen LogP contribution in [0.3, 0.4) is 0 Å². The number of carbonyl (C=O) groups is 1. The van der Waals surface area contributed by atoms with E-state index in [9.17, 15) is 9.90 Å². The number of hydrogen-bond acceptors (Lipinski definition) is 3. The molecular formula is C15H19NO3. The summed E-state index contributed by atoms with van der Waals surface area (Å²) < 4.78 is 5.48. The average molecular weight is 261 g/mol. The Labute approximate surface area is 113 Å². The van der Waals surface area contributed by atoms with Crippen molar-refractivity contribution < 1.29 is 14.6 Å². The Morgan fingerprint density at radius 1 is 1.42 bits per heavy atom. The summed E-state index contributed by atoms with van der Waals surface area (Å²) >= 11 is 0. The highest BCUT2D eigenvalue weighted by Crippen LogP contribution is 2.27. The van der Waals surface area contributed by atoms with Gasteiger partial charge in [-0.2, -0.15) is 0 Å². The van der Waals surface area contributed by atoms with Gasteiger partial charge in [0.1, 0.15) is 5.75 Å². The molecule has 1 saturated heterocycles. The second-order valence-corrected chi connectivity index (χ2v) is 5.43. The van der Waals surface area contributed by atoms with E-state index in [4.69, 9.17) is 4.74 Å². The van der Waals surface area contributed by atoms with Gasteiger partial charge in [0.25, 0.3) is 0 Å². The number of rotatable bonds is 1. The van der Waals surface area contributed by atoms with Gasteiger partial charge in [-0.25, -0.2) is 0 Å². The van der Waals surface area contributed by atoms with E-state index in [1.807, 2.05) is 17.9 Å². The fourth-order valence-corrected chi connectivity index (χ4v) is 3.02. The standard InChI is InChI=1S/C15H19NO3/c1-10-14(5-7-19-10)15(18)16-6-4-11-2-3-13(17)8-12(11)9-16/h2-3,8,10,14,17H,4-7,9H2,1H3. The molecule has 2 unspecified atom stereocenters. The minimum Gasteiger partial charge on any atom is -0.508 e. The highest BCUT2D eigenvalue weighted by molar-refractivity contribution is 5.80. The maximum atomic E-state index is 12.5. The second-order valence-electron chi connectivity index (χ2n) is 5.43. The van der Waals surface area contributed by atoms with Crippen LogP contribution in [0.4, 0.5) is 0 Å². The molecule has 1 amide bonds. The number of fused-ring (bicyclic) bond motifs is 1. The molecule has 2 aliphatic heterocycles. The van der Waals surface area contributed by atoms with Crippen molar-refractivity contribution in [1.29, 1.82) is 0 Å². The van der Waals surface area contributed by atoms with Crippen LogP contribution in [0.2, 0.25) is 0 Å². The molecule has 2 heterocycles. The number of benzene rings is 1. The molecule has 3 rings (SSSR count). The third-order valence-electron chi connectivity index (χ3n) is 4.21. The first-order valence-corrected chi connectivity index (χ1v) is 6.86.